The molecule has 6 nitrogen and oxygen atoms in total. The average molecular weight is 330 g/mol. The number of nitro groups is 1. The van der Waals surface area contributed by atoms with Crippen molar-refractivity contribution in [3.63, 3.8) is 0 Å². The van der Waals surface area contributed by atoms with Crippen LogP contribution in [-0.2, 0) is 0 Å². The molecule has 7 heteroatoms. The van der Waals surface area contributed by atoms with Crippen LogP contribution in [0.15, 0.2) is 42.5 Å². The number of benzene rings is 2. The van der Waals surface area contributed by atoms with E-state index in [0.29, 0.717) is 5.56 Å². The number of nitro benzene ring substituents is 1. The van der Waals surface area contributed by atoms with Gasteiger partial charge in [0, 0.05) is 11.6 Å². The summed E-state index contributed by atoms with van der Waals surface area (Å²) >= 11 is 5.73. The van der Waals surface area contributed by atoms with Gasteiger partial charge in [-0.2, -0.15) is 5.26 Å². The van der Waals surface area contributed by atoms with Crippen LogP contribution in [0.1, 0.15) is 34.5 Å². The van der Waals surface area contributed by atoms with Gasteiger partial charge in [0.2, 0.25) is 0 Å². The van der Waals surface area contributed by atoms with Gasteiger partial charge in [-0.3, -0.25) is 14.9 Å². The van der Waals surface area contributed by atoms with Crippen molar-refractivity contribution < 1.29 is 9.72 Å². The summed E-state index contributed by atoms with van der Waals surface area (Å²) < 4.78 is 0. The molecule has 1 amide bonds. The Bertz CT molecular complexity index is 797. The van der Waals surface area contributed by atoms with E-state index in [9.17, 15) is 14.9 Å². The van der Waals surface area contributed by atoms with Crippen molar-refractivity contribution in [3.8, 4) is 6.07 Å². The molecule has 1 unspecified atom stereocenters. The molecule has 1 atom stereocenters. The van der Waals surface area contributed by atoms with Gasteiger partial charge >= 0.3 is 0 Å². The molecule has 0 bridgehead atoms. The first-order chi connectivity index (χ1) is 10.9. The molecule has 116 valence electrons. The summed E-state index contributed by atoms with van der Waals surface area (Å²) in [5.74, 6) is -0.443. The Morgan fingerprint density at radius 3 is 2.52 bits per heavy atom. The molecule has 0 aliphatic carbocycles. The lowest BCUT2D eigenvalue weighted by molar-refractivity contribution is -0.384. The number of nitrogens with one attached hydrogen (secondary N) is 1. The van der Waals surface area contributed by atoms with Gasteiger partial charge in [-0.05, 0) is 36.8 Å². The van der Waals surface area contributed by atoms with Crippen molar-refractivity contribution in [1.29, 1.82) is 5.26 Å². The number of carbonyl (C=O) groups is 1. The lowest BCUT2D eigenvalue weighted by Crippen LogP contribution is -2.26. The number of rotatable bonds is 4. The van der Waals surface area contributed by atoms with Gasteiger partial charge in [-0.1, -0.05) is 23.7 Å². The smallest absolute Gasteiger partial charge is 0.288 e. The molecule has 2 aromatic carbocycles. The number of carbonyl (C=O) groups excluding carboxylic acids is 1. The molecule has 2 rings (SSSR count). The highest BCUT2D eigenvalue weighted by atomic mass is 35.5. The van der Waals surface area contributed by atoms with Gasteiger partial charge in [-0.25, -0.2) is 0 Å². The number of amides is 1. The van der Waals surface area contributed by atoms with Crippen molar-refractivity contribution in [2.75, 3.05) is 0 Å². The third-order valence-electron chi connectivity index (χ3n) is 3.29. The van der Waals surface area contributed by atoms with E-state index in [0.717, 1.165) is 11.6 Å². The Labute approximate surface area is 137 Å². The highest BCUT2D eigenvalue weighted by Gasteiger charge is 2.17. The lowest BCUT2D eigenvalue weighted by Gasteiger charge is -2.14. The van der Waals surface area contributed by atoms with E-state index < -0.39 is 10.8 Å². The van der Waals surface area contributed by atoms with E-state index in [1.54, 1.807) is 31.2 Å². The minimum Gasteiger partial charge on any atom is -0.346 e. The first-order valence-electron chi connectivity index (χ1n) is 6.67. The molecule has 2 aromatic rings. The van der Waals surface area contributed by atoms with Gasteiger partial charge in [0.25, 0.3) is 11.6 Å². The largest absolute Gasteiger partial charge is 0.346 e. The molecule has 0 aliphatic rings. The zero-order chi connectivity index (χ0) is 17.0. The third kappa shape index (κ3) is 3.84. The fraction of sp³-hybridized carbons (Fsp3) is 0.125. The normalized spacial score (nSPS) is 11.3. The summed E-state index contributed by atoms with van der Waals surface area (Å²) in [6, 6.07) is 12.4. The third-order valence-corrected chi connectivity index (χ3v) is 3.61. The van der Waals surface area contributed by atoms with Gasteiger partial charge in [0.15, 0.2) is 0 Å². The Hall–Kier alpha value is -2.91. The second-order valence-corrected chi connectivity index (χ2v) is 5.26. The molecule has 0 fully saturated rings. The summed E-state index contributed by atoms with van der Waals surface area (Å²) in [7, 11) is 0. The van der Waals surface area contributed by atoms with E-state index in [1.807, 2.05) is 6.07 Å². The Kier molecular flexibility index (Phi) is 4.94. The SMILES string of the molecule is CC(NC(=O)c1ccc(Cl)c([N+](=O)[O-])c1)c1ccc(C#N)cc1. The lowest BCUT2D eigenvalue weighted by atomic mass is 10.1. The van der Waals surface area contributed by atoms with Gasteiger partial charge in [0.05, 0.1) is 22.6 Å². The van der Waals surface area contributed by atoms with E-state index in [4.69, 9.17) is 16.9 Å². The highest BCUT2D eigenvalue weighted by molar-refractivity contribution is 6.32. The molecular formula is C16H12ClN3O3. The topological polar surface area (TPSA) is 96.0 Å². The van der Waals surface area contributed by atoms with Crippen LogP contribution in [0.4, 0.5) is 5.69 Å². The standard InChI is InChI=1S/C16H12ClN3O3/c1-10(12-4-2-11(9-18)3-5-12)19-16(21)13-6-7-14(17)15(8-13)20(22)23/h2-8,10H,1H3,(H,19,21). The second-order valence-electron chi connectivity index (χ2n) is 4.85. The number of nitrogens with zero attached hydrogens (tertiary/aromatic N) is 2. The quantitative estimate of drug-likeness (QED) is 0.684. The van der Waals surface area contributed by atoms with Gasteiger partial charge in [-0.15, -0.1) is 0 Å². The number of hydrogen-bond donors (Lipinski definition) is 1. The summed E-state index contributed by atoms with van der Waals surface area (Å²) in [6.07, 6.45) is 0. The fourth-order valence-electron chi connectivity index (χ4n) is 2.00. The first kappa shape index (κ1) is 16.5. The minimum atomic E-state index is -0.636. The Morgan fingerprint density at radius 1 is 1.30 bits per heavy atom. The molecule has 1 N–H and O–H groups in total. The van der Waals surface area contributed by atoms with E-state index in [-0.39, 0.29) is 22.3 Å². The average Bonchev–Trinajstić information content (AvgIpc) is 2.54. The Morgan fingerprint density at radius 2 is 1.96 bits per heavy atom. The molecule has 0 saturated heterocycles. The van der Waals surface area contributed by atoms with Crippen molar-refractivity contribution in [2.45, 2.75) is 13.0 Å². The number of nitriles is 1. The van der Waals surface area contributed by atoms with Crippen LogP contribution in [0.5, 0.6) is 0 Å². The predicted molar refractivity (Wildman–Crippen MR) is 85.1 cm³/mol. The van der Waals surface area contributed by atoms with Crippen LogP contribution >= 0.6 is 11.6 Å². The summed E-state index contributed by atoms with van der Waals surface area (Å²) in [6.45, 7) is 1.78. The van der Waals surface area contributed by atoms with E-state index >= 15 is 0 Å². The zero-order valence-electron chi connectivity index (χ0n) is 12.1. The maximum absolute atomic E-state index is 12.2. The maximum Gasteiger partial charge on any atom is 0.288 e. The van der Waals surface area contributed by atoms with E-state index in [1.165, 1.54) is 12.1 Å². The highest BCUT2D eigenvalue weighted by Crippen LogP contribution is 2.25. The molecule has 0 radical (unpaired) electrons. The van der Waals surface area contributed by atoms with Crippen molar-refractivity contribution in [1.82, 2.24) is 5.32 Å². The summed E-state index contributed by atoms with van der Waals surface area (Å²) in [4.78, 5) is 22.4. The van der Waals surface area contributed by atoms with Crippen LogP contribution in [0.3, 0.4) is 0 Å². The molecule has 23 heavy (non-hydrogen) atoms. The Balaban J connectivity index is 2.16. The summed E-state index contributed by atoms with van der Waals surface area (Å²) in [5, 5.41) is 22.4. The predicted octanol–water partition coefficient (Wildman–Crippen LogP) is 3.61. The van der Waals surface area contributed by atoms with Gasteiger partial charge in [0.1, 0.15) is 5.02 Å². The van der Waals surface area contributed by atoms with Crippen LogP contribution < -0.4 is 5.32 Å². The maximum atomic E-state index is 12.2. The second kappa shape index (κ2) is 6.90. The number of halogens is 1. The summed E-state index contributed by atoms with van der Waals surface area (Å²) in [5.41, 5.74) is 1.19. The fourth-order valence-corrected chi connectivity index (χ4v) is 2.19. The van der Waals surface area contributed by atoms with E-state index in [2.05, 4.69) is 5.32 Å². The minimum absolute atomic E-state index is 0.0216. The van der Waals surface area contributed by atoms with Crippen molar-refractivity contribution in [2.24, 2.45) is 0 Å². The zero-order valence-corrected chi connectivity index (χ0v) is 12.9. The molecule has 0 spiro atoms. The molecule has 0 heterocycles. The molecule has 0 saturated carbocycles. The monoisotopic (exact) mass is 329 g/mol. The van der Waals surface area contributed by atoms with Crippen LogP contribution in [-0.4, -0.2) is 10.8 Å². The van der Waals surface area contributed by atoms with Crippen LogP contribution in [0.25, 0.3) is 0 Å². The molecular weight excluding hydrogens is 318 g/mol. The molecule has 0 aromatic heterocycles. The van der Waals surface area contributed by atoms with Crippen molar-refractivity contribution >= 4 is 23.2 Å². The van der Waals surface area contributed by atoms with Crippen LogP contribution in [0.2, 0.25) is 5.02 Å². The van der Waals surface area contributed by atoms with Crippen molar-refractivity contribution in [3.05, 3.63) is 74.3 Å². The number of hydrogen-bond acceptors (Lipinski definition) is 4. The van der Waals surface area contributed by atoms with Gasteiger partial charge < -0.3 is 5.32 Å². The molecule has 0 aliphatic heterocycles. The first-order valence-corrected chi connectivity index (χ1v) is 7.05. The van der Waals surface area contributed by atoms with Crippen LogP contribution in [0, 0.1) is 21.4 Å².